The van der Waals surface area contributed by atoms with Gasteiger partial charge in [-0.3, -0.25) is 9.59 Å². The van der Waals surface area contributed by atoms with Crippen molar-refractivity contribution in [3.05, 3.63) is 29.8 Å². The van der Waals surface area contributed by atoms with E-state index >= 15 is 0 Å². The summed E-state index contributed by atoms with van der Waals surface area (Å²) >= 11 is 0. The summed E-state index contributed by atoms with van der Waals surface area (Å²) in [7, 11) is 0. The van der Waals surface area contributed by atoms with E-state index in [-0.39, 0.29) is 12.5 Å². The molecule has 0 atom stereocenters. The van der Waals surface area contributed by atoms with Crippen molar-refractivity contribution < 1.29 is 14.7 Å². The molecule has 20 heavy (non-hydrogen) atoms. The molecular weight excluding hydrogens is 256 g/mol. The van der Waals surface area contributed by atoms with Crippen LogP contribution in [-0.2, 0) is 4.79 Å². The maximum absolute atomic E-state index is 11.7. The Bertz CT molecular complexity index is 478. The number of amides is 1. The van der Waals surface area contributed by atoms with Crippen molar-refractivity contribution in [3.8, 4) is 0 Å². The minimum Gasteiger partial charge on any atom is -0.480 e. The zero-order chi connectivity index (χ0) is 14.5. The van der Waals surface area contributed by atoms with Gasteiger partial charge in [-0.1, -0.05) is 13.3 Å². The molecule has 0 unspecified atom stereocenters. The highest BCUT2D eigenvalue weighted by atomic mass is 16.4. The molecule has 0 bridgehead atoms. The highest BCUT2D eigenvalue weighted by molar-refractivity contribution is 5.96. The number of hydrogen-bond acceptors (Lipinski definition) is 3. The first kappa shape index (κ1) is 14.4. The Balaban J connectivity index is 1.87. The molecule has 0 aromatic heterocycles. The third-order valence-electron chi connectivity index (χ3n) is 3.55. The summed E-state index contributed by atoms with van der Waals surface area (Å²) in [5.41, 5.74) is 1.60. The first-order valence-electron chi connectivity index (χ1n) is 6.95. The topological polar surface area (TPSA) is 69.6 Å². The van der Waals surface area contributed by atoms with Crippen molar-refractivity contribution in [3.63, 3.8) is 0 Å². The van der Waals surface area contributed by atoms with E-state index in [0.29, 0.717) is 5.56 Å². The van der Waals surface area contributed by atoms with Crippen LogP contribution < -0.4 is 10.2 Å². The van der Waals surface area contributed by atoms with Gasteiger partial charge in [0.1, 0.15) is 6.54 Å². The van der Waals surface area contributed by atoms with E-state index in [1.807, 2.05) is 12.1 Å². The van der Waals surface area contributed by atoms with Gasteiger partial charge in [0, 0.05) is 24.3 Å². The number of carbonyl (C=O) groups is 2. The van der Waals surface area contributed by atoms with Gasteiger partial charge in [0.25, 0.3) is 5.91 Å². The smallest absolute Gasteiger partial charge is 0.322 e. The van der Waals surface area contributed by atoms with Crippen LogP contribution in [-0.4, -0.2) is 36.6 Å². The first-order chi connectivity index (χ1) is 9.60. The average Bonchev–Trinajstić information content (AvgIpc) is 2.40. The first-order valence-corrected chi connectivity index (χ1v) is 6.95. The number of benzene rings is 1. The molecule has 0 aliphatic carbocycles. The van der Waals surface area contributed by atoms with E-state index in [2.05, 4.69) is 17.1 Å². The van der Waals surface area contributed by atoms with Crippen molar-refractivity contribution in [1.29, 1.82) is 0 Å². The Morgan fingerprint density at radius 2 is 1.95 bits per heavy atom. The molecule has 1 saturated heterocycles. The molecule has 1 aromatic carbocycles. The van der Waals surface area contributed by atoms with Crippen LogP contribution in [0, 0.1) is 5.92 Å². The van der Waals surface area contributed by atoms with Crippen LogP contribution in [0.3, 0.4) is 0 Å². The van der Waals surface area contributed by atoms with Crippen LogP contribution in [0.4, 0.5) is 5.69 Å². The zero-order valence-corrected chi connectivity index (χ0v) is 11.6. The molecule has 1 amide bonds. The van der Waals surface area contributed by atoms with Gasteiger partial charge < -0.3 is 15.3 Å². The molecule has 1 aliphatic rings. The molecule has 0 spiro atoms. The van der Waals surface area contributed by atoms with Crippen molar-refractivity contribution in [1.82, 2.24) is 5.32 Å². The van der Waals surface area contributed by atoms with Crippen molar-refractivity contribution >= 4 is 17.6 Å². The van der Waals surface area contributed by atoms with Crippen LogP contribution in [0.2, 0.25) is 0 Å². The van der Waals surface area contributed by atoms with Gasteiger partial charge >= 0.3 is 5.97 Å². The number of nitrogens with zero attached hydrogens (tertiary/aromatic N) is 1. The van der Waals surface area contributed by atoms with E-state index < -0.39 is 5.97 Å². The molecule has 0 saturated carbocycles. The van der Waals surface area contributed by atoms with Crippen LogP contribution >= 0.6 is 0 Å². The van der Waals surface area contributed by atoms with Gasteiger partial charge in [0.2, 0.25) is 0 Å². The predicted molar refractivity (Wildman–Crippen MR) is 77.0 cm³/mol. The van der Waals surface area contributed by atoms with Crippen molar-refractivity contribution in [2.75, 3.05) is 24.5 Å². The largest absolute Gasteiger partial charge is 0.480 e. The summed E-state index contributed by atoms with van der Waals surface area (Å²) in [4.78, 5) is 24.3. The molecule has 2 rings (SSSR count). The van der Waals surface area contributed by atoms with Gasteiger partial charge in [-0.2, -0.15) is 0 Å². The molecule has 1 aliphatic heterocycles. The van der Waals surface area contributed by atoms with Gasteiger partial charge in [-0.25, -0.2) is 0 Å². The van der Waals surface area contributed by atoms with Crippen LogP contribution in [0.1, 0.15) is 30.1 Å². The molecular formula is C15H20N2O3. The Morgan fingerprint density at radius 3 is 2.50 bits per heavy atom. The van der Waals surface area contributed by atoms with E-state index in [1.165, 1.54) is 12.8 Å². The second kappa shape index (κ2) is 6.41. The second-order valence-corrected chi connectivity index (χ2v) is 5.18. The van der Waals surface area contributed by atoms with Gasteiger partial charge in [0.15, 0.2) is 0 Å². The number of anilines is 1. The van der Waals surface area contributed by atoms with Gasteiger partial charge in [0.05, 0.1) is 0 Å². The Labute approximate surface area is 118 Å². The van der Waals surface area contributed by atoms with E-state index in [9.17, 15) is 9.59 Å². The van der Waals surface area contributed by atoms with Crippen LogP contribution in [0.25, 0.3) is 0 Å². The van der Waals surface area contributed by atoms with Crippen molar-refractivity contribution in [2.45, 2.75) is 19.8 Å². The second-order valence-electron chi connectivity index (χ2n) is 5.18. The zero-order valence-electron chi connectivity index (χ0n) is 11.6. The lowest BCUT2D eigenvalue weighted by atomic mass is 9.94. The number of carboxylic acid groups (broad SMARTS) is 1. The van der Waals surface area contributed by atoms with Crippen LogP contribution in [0.15, 0.2) is 24.3 Å². The minimum atomic E-state index is -1.04. The fourth-order valence-electron chi connectivity index (χ4n) is 2.45. The third-order valence-corrected chi connectivity index (χ3v) is 3.55. The molecule has 0 radical (unpaired) electrons. The maximum Gasteiger partial charge on any atom is 0.322 e. The fraction of sp³-hybridized carbons (Fsp3) is 0.467. The molecule has 1 heterocycles. The van der Waals surface area contributed by atoms with Crippen LogP contribution in [0.5, 0.6) is 0 Å². The Kier molecular flexibility index (Phi) is 4.61. The van der Waals surface area contributed by atoms with Gasteiger partial charge in [-0.15, -0.1) is 0 Å². The highest BCUT2D eigenvalue weighted by Gasteiger charge is 2.25. The lowest BCUT2D eigenvalue weighted by molar-refractivity contribution is -0.135. The standard InChI is InChI=1S/C15H20N2O3/c1-2-3-11-9-17(10-11)13-6-4-12(5-7-13)15(20)16-8-14(18)19/h4-7,11H,2-3,8-10H2,1H3,(H,16,20)(H,18,19). The highest BCUT2D eigenvalue weighted by Crippen LogP contribution is 2.27. The van der Waals surface area contributed by atoms with Gasteiger partial charge in [-0.05, 0) is 36.6 Å². The molecule has 1 fully saturated rings. The lowest BCUT2D eigenvalue weighted by Crippen LogP contribution is -2.46. The predicted octanol–water partition coefficient (Wildman–Crippen LogP) is 1.74. The Hall–Kier alpha value is -2.04. The molecule has 1 aromatic rings. The SMILES string of the molecule is CCCC1CN(c2ccc(C(=O)NCC(=O)O)cc2)C1. The normalized spacial score (nSPS) is 14.8. The summed E-state index contributed by atoms with van der Waals surface area (Å²) in [6, 6.07) is 7.30. The molecule has 5 nitrogen and oxygen atoms in total. The maximum atomic E-state index is 11.7. The average molecular weight is 276 g/mol. The number of hydrogen-bond donors (Lipinski definition) is 2. The number of carbonyl (C=O) groups excluding carboxylic acids is 1. The summed E-state index contributed by atoms with van der Waals surface area (Å²) < 4.78 is 0. The summed E-state index contributed by atoms with van der Waals surface area (Å²) in [5.74, 6) is -0.609. The summed E-state index contributed by atoms with van der Waals surface area (Å²) in [6.45, 7) is 4.01. The quantitative estimate of drug-likeness (QED) is 0.830. The fourth-order valence-corrected chi connectivity index (χ4v) is 2.45. The van der Waals surface area contributed by atoms with Crippen molar-refractivity contribution in [2.24, 2.45) is 5.92 Å². The summed E-state index contributed by atoms with van der Waals surface area (Å²) in [6.07, 6.45) is 2.49. The number of aliphatic carboxylic acids is 1. The number of carboxylic acids is 1. The third kappa shape index (κ3) is 3.50. The number of nitrogens with one attached hydrogen (secondary N) is 1. The van der Waals surface area contributed by atoms with E-state index in [0.717, 1.165) is 24.7 Å². The van der Waals surface area contributed by atoms with E-state index in [1.54, 1.807) is 12.1 Å². The van der Waals surface area contributed by atoms with E-state index in [4.69, 9.17) is 5.11 Å². The number of rotatable bonds is 6. The minimum absolute atomic E-state index is 0.355. The lowest BCUT2D eigenvalue weighted by Gasteiger charge is -2.41. The molecule has 5 heteroatoms. The Morgan fingerprint density at radius 1 is 1.30 bits per heavy atom. The molecule has 108 valence electrons. The molecule has 2 N–H and O–H groups in total. The summed E-state index contributed by atoms with van der Waals surface area (Å²) in [5, 5.41) is 10.9. The monoisotopic (exact) mass is 276 g/mol.